The fourth-order valence-corrected chi connectivity index (χ4v) is 3.17. The number of nitriles is 1. The quantitative estimate of drug-likeness (QED) is 0.253. The van der Waals surface area contributed by atoms with Crippen molar-refractivity contribution >= 4 is 56.2 Å². The number of hydrogen-bond acceptors (Lipinski definition) is 4. The third-order valence-corrected chi connectivity index (χ3v) is 4.66. The lowest BCUT2D eigenvalue weighted by molar-refractivity contribution is -0.112. The fraction of sp³-hybridized carbons (Fsp3) is 0.100. The summed E-state index contributed by atoms with van der Waals surface area (Å²) in [5.74, 6) is 2.89. The van der Waals surface area contributed by atoms with Crippen molar-refractivity contribution in [3.63, 3.8) is 0 Å². The molecule has 7 heteroatoms. The first kappa shape index (κ1) is 20.8. The van der Waals surface area contributed by atoms with E-state index in [0.717, 1.165) is 8.04 Å². The minimum Gasteiger partial charge on any atom is -0.493 e. The molecule has 0 spiro atoms. The van der Waals surface area contributed by atoms with E-state index in [1.54, 1.807) is 36.4 Å². The van der Waals surface area contributed by atoms with Gasteiger partial charge in [0.25, 0.3) is 5.91 Å². The molecular formula is C20H14BrIN2O3. The van der Waals surface area contributed by atoms with Crippen LogP contribution < -0.4 is 14.8 Å². The highest BCUT2D eigenvalue weighted by Crippen LogP contribution is 2.34. The van der Waals surface area contributed by atoms with E-state index in [4.69, 9.17) is 15.9 Å². The van der Waals surface area contributed by atoms with E-state index in [0.29, 0.717) is 22.7 Å². The highest BCUT2D eigenvalue weighted by molar-refractivity contribution is 14.1. The zero-order chi connectivity index (χ0) is 19.8. The van der Waals surface area contributed by atoms with E-state index in [2.05, 4.69) is 49.8 Å². The highest BCUT2D eigenvalue weighted by atomic mass is 127. The summed E-state index contributed by atoms with van der Waals surface area (Å²) in [5.41, 5.74) is 1.19. The number of anilines is 1. The number of ether oxygens (including phenoxy) is 2. The Hall–Kier alpha value is -2.49. The van der Waals surface area contributed by atoms with Gasteiger partial charge < -0.3 is 14.8 Å². The summed E-state index contributed by atoms with van der Waals surface area (Å²) in [6.07, 6.45) is 6.72. The molecule has 27 heavy (non-hydrogen) atoms. The first-order valence-corrected chi connectivity index (χ1v) is 9.48. The van der Waals surface area contributed by atoms with Crippen LogP contribution in [0.3, 0.4) is 0 Å². The molecular weight excluding hydrogens is 523 g/mol. The maximum absolute atomic E-state index is 12.4. The van der Waals surface area contributed by atoms with Crippen LogP contribution in [0, 0.1) is 27.2 Å². The summed E-state index contributed by atoms with van der Waals surface area (Å²) in [6, 6.07) is 12.5. The minimum absolute atomic E-state index is 0.0342. The smallest absolute Gasteiger partial charge is 0.266 e. The van der Waals surface area contributed by atoms with Gasteiger partial charge in [-0.1, -0.05) is 21.9 Å². The van der Waals surface area contributed by atoms with Gasteiger partial charge in [-0.2, -0.15) is 5.26 Å². The predicted molar refractivity (Wildman–Crippen MR) is 116 cm³/mol. The molecule has 1 amide bonds. The molecule has 0 fully saturated rings. The summed E-state index contributed by atoms with van der Waals surface area (Å²) in [5, 5.41) is 12.1. The number of benzene rings is 2. The number of hydrogen-bond donors (Lipinski definition) is 1. The largest absolute Gasteiger partial charge is 0.493 e. The van der Waals surface area contributed by atoms with Crippen LogP contribution >= 0.6 is 38.5 Å². The van der Waals surface area contributed by atoms with Crippen LogP contribution in [-0.2, 0) is 4.79 Å². The van der Waals surface area contributed by atoms with Crippen molar-refractivity contribution in [1.29, 1.82) is 5.26 Å². The van der Waals surface area contributed by atoms with Gasteiger partial charge in [-0.3, -0.25) is 4.79 Å². The topological polar surface area (TPSA) is 71.3 Å². The molecule has 0 unspecified atom stereocenters. The monoisotopic (exact) mass is 536 g/mol. The first-order chi connectivity index (χ1) is 13.0. The molecule has 0 heterocycles. The molecule has 0 saturated carbocycles. The molecule has 2 aromatic rings. The highest BCUT2D eigenvalue weighted by Gasteiger charge is 2.14. The molecule has 1 N–H and O–H groups in total. The SMILES string of the molecule is C#CCOc1c(I)cc(/C=C(/C#N)C(=O)Nc2ccc(Br)cc2)cc1OC. The van der Waals surface area contributed by atoms with E-state index >= 15 is 0 Å². The molecule has 0 radical (unpaired) electrons. The lowest BCUT2D eigenvalue weighted by atomic mass is 10.1. The molecule has 0 aromatic heterocycles. The van der Waals surface area contributed by atoms with E-state index in [1.165, 1.54) is 13.2 Å². The molecule has 0 aliphatic heterocycles. The fourth-order valence-electron chi connectivity index (χ4n) is 2.12. The van der Waals surface area contributed by atoms with Gasteiger partial charge >= 0.3 is 0 Å². The van der Waals surface area contributed by atoms with Gasteiger partial charge in [0.15, 0.2) is 11.5 Å². The Morgan fingerprint density at radius 3 is 2.67 bits per heavy atom. The van der Waals surface area contributed by atoms with Crippen molar-refractivity contribution < 1.29 is 14.3 Å². The summed E-state index contributed by atoms with van der Waals surface area (Å²) >= 11 is 5.41. The van der Waals surface area contributed by atoms with Crippen molar-refractivity contribution in [2.45, 2.75) is 0 Å². The van der Waals surface area contributed by atoms with Crippen LogP contribution in [-0.4, -0.2) is 19.6 Å². The van der Waals surface area contributed by atoms with Gasteiger partial charge in [0.1, 0.15) is 18.2 Å². The molecule has 2 rings (SSSR count). The third-order valence-electron chi connectivity index (χ3n) is 3.33. The number of carbonyl (C=O) groups excluding carboxylic acids is 1. The molecule has 0 atom stereocenters. The summed E-state index contributed by atoms with van der Waals surface area (Å²) < 4.78 is 12.5. The normalized spacial score (nSPS) is 10.5. The number of carbonyl (C=O) groups is 1. The van der Waals surface area contributed by atoms with Gasteiger partial charge in [0.2, 0.25) is 0 Å². The molecule has 0 bridgehead atoms. The lowest BCUT2D eigenvalue weighted by Gasteiger charge is -2.12. The van der Waals surface area contributed by atoms with Gasteiger partial charge in [0, 0.05) is 10.2 Å². The number of terminal acetylenes is 1. The maximum atomic E-state index is 12.4. The van der Waals surface area contributed by atoms with Crippen molar-refractivity contribution in [2.24, 2.45) is 0 Å². The second-order valence-electron chi connectivity index (χ2n) is 5.16. The molecule has 0 aliphatic carbocycles. The van der Waals surface area contributed by atoms with E-state index in [9.17, 15) is 10.1 Å². The molecule has 5 nitrogen and oxygen atoms in total. The van der Waals surface area contributed by atoms with Crippen LogP contribution in [0.4, 0.5) is 5.69 Å². The van der Waals surface area contributed by atoms with E-state index in [1.807, 2.05) is 6.07 Å². The average Bonchev–Trinajstić information content (AvgIpc) is 2.66. The van der Waals surface area contributed by atoms with Crippen LogP contribution in [0.15, 0.2) is 46.4 Å². The van der Waals surface area contributed by atoms with Crippen molar-refractivity contribution in [3.8, 4) is 29.9 Å². The Labute approximate surface area is 179 Å². The molecule has 2 aromatic carbocycles. The van der Waals surface area contributed by atoms with Gasteiger partial charge in [-0.25, -0.2) is 0 Å². The minimum atomic E-state index is -0.499. The van der Waals surface area contributed by atoms with Crippen LogP contribution in [0.5, 0.6) is 11.5 Å². The number of nitrogens with one attached hydrogen (secondary N) is 1. The van der Waals surface area contributed by atoms with Crippen LogP contribution in [0.1, 0.15) is 5.56 Å². The lowest BCUT2D eigenvalue weighted by Crippen LogP contribution is -2.13. The van der Waals surface area contributed by atoms with Crippen LogP contribution in [0.2, 0.25) is 0 Å². The Kier molecular flexibility index (Phi) is 7.71. The Morgan fingerprint density at radius 1 is 1.37 bits per heavy atom. The number of rotatable bonds is 6. The number of halogens is 2. The van der Waals surface area contributed by atoms with Crippen LogP contribution in [0.25, 0.3) is 6.08 Å². The number of methoxy groups -OCH3 is 1. The summed E-state index contributed by atoms with van der Waals surface area (Å²) in [6.45, 7) is 0.112. The average molecular weight is 537 g/mol. The molecule has 0 aliphatic rings. The third kappa shape index (κ3) is 5.75. The Morgan fingerprint density at radius 2 is 2.07 bits per heavy atom. The summed E-state index contributed by atoms with van der Waals surface area (Å²) in [4.78, 5) is 12.4. The van der Waals surface area contributed by atoms with Crippen molar-refractivity contribution in [3.05, 3.63) is 55.6 Å². The second-order valence-corrected chi connectivity index (χ2v) is 7.24. The van der Waals surface area contributed by atoms with Gasteiger partial charge in [-0.15, -0.1) is 6.42 Å². The van der Waals surface area contributed by atoms with Crippen molar-refractivity contribution in [2.75, 3.05) is 19.0 Å². The van der Waals surface area contributed by atoms with E-state index in [-0.39, 0.29) is 12.2 Å². The van der Waals surface area contributed by atoms with E-state index < -0.39 is 5.91 Å². The van der Waals surface area contributed by atoms with Gasteiger partial charge in [-0.05, 0) is 70.6 Å². The zero-order valence-electron chi connectivity index (χ0n) is 14.3. The second kappa shape index (κ2) is 10.0. The molecule has 136 valence electrons. The Bertz CT molecular complexity index is 957. The first-order valence-electron chi connectivity index (χ1n) is 7.61. The summed E-state index contributed by atoms with van der Waals surface area (Å²) in [7, 11) is 1.51. The predicted octanol–water partition coefficient (Wildman–Crippen LogP) is 4.62. The van der Waals surface area contributed by atoms with Crippen molar-refractivity contribution in [1.82, 2.24) is 0 Å². The zero-order valence-corrected chi connectivity index (χ0v) is 18.0. The standard InChI is InChI=1S/C20H14BrIN2O3/c1-3-8-27-19-17(22)10-13(11-18(19)26-2)9-14(12-23)20(25)24-16-6-4-15(21)5-7-16/h1,4-7,9-11H,8H2,2H3,(H,24,25)/b14-9-. The molecule has 0 saturated heterocycles. The van der Waals surface area contributed by atoms with Gasteiger partial charge in [0.05, 0.1) is 10.7 Å². The number of amides is 1. The maximum Gasteiger partial charge on any atom is 0.266 e. The Balaban J connectivity index is 2.29. The number of nitrogens with zero attached hydrogens (tertiary/aromatic N) is 1.